The third-order valence-electron chi connectivity index (χ3n) is 3.44. The molecule has 1 fully saturated rings. The Kier molecular flexibility index (Phi) is 4.49. The van der Waals surface area contributed by atoms with Crippen molar-refractivity contribution in [2.45, 2.75) is 45.6 Å². The van der Waals surface area contributed by atoms with Gasteiger partial charge in [0.25, 0.3) is 5.91 Å². The zero-order valence-corrected chi connectivity index (χ0v) is 12.6. The second-order valence-electron chi connectivity index (χ2n) is 5.40. The van der Waals surface area contributed by atoms with Crippen molar-refractivity contribution in [3.63, 3.8) is 0 Å². The first kappa shape index (κ1) is 13.7. The van der Waals surface area contributed by atoms with Gasteiger partial charge in [0.1, 0.15) is 0 Å². The maximum absolute atomic E-state index is 12.6. The van der Waals surface area contributed by atoms with Crippen molar-refractivity contribution in [1.29, 1.82) is 0 Å². The Morgan fingerprint density at radius 3 is 2.67 bits per heavy atom. The second-order valence-corrected chi connectivity index (χ2v) is 6.12. The lowest BCUT2D eigenvalue weighted by atomic mass is 10.1. The first-order valence-corrected chi connectivity index (χ1v) is 7.43. The molecule has 4 heteroatoms. The number of carbonyl (C=O) groups is 1. The van der Waals surface area contributed by atoms with Gasteiger partial charge in [0, 0.05) is 12.6 Å². The summed E-state index contributed by atoms with van der Waals surface area (Å²) in [6.07, 6.45) is 6.29. The van der Waals surface area contributed by atoms with Crippen LogP contribution < -0.4 is 0 Å². The van der Waals surface area contributed by atoms with Gasteiger partial charge in [0.05, 0.1) is 11.8 Å². The minimum absolute atomic E-state index is 0.0937. The highest BCUT2D eigenvalue weighted by Gasteiger charge is 2.29. The quantitative estimate of drug-likeness (QED) is 0.839. The molecule has 2 rings (SSSR count). The summed E-state index contributed by atoms with van der Waals surface area (Å²) >= 11 is 3.30. The summed E-state index contributed by atoms with van der Waals surface area (Å²) in [7, 11) is 0. The molecule has 1 saturated carbocycles. The molecule has 1 aromatic heterocycles. The molecule has 0 aromatic carbocycles. The number of amides is 1. The molecular formula is C14H20BrNO2. The monoisotopic (exact) mass is 313 g/mol. The largest absolute Gasteiger partial charge is 0.457 e. The Morgan fingerprint density at radius 1 is 1.50 bits per heavy atom. The summed E-state index contributed by atoms with van der Waals surface area (Å²) in [5.41, 5.74) is 0.641. The van der Waals surface area contributed by atoms with Crippen LogP contribution in [-0.2, 0) is 0 Å². The summed E-state index contributed by atoms with van der Waals surface area (Å²) in [6.45, 7) is 5.13. The summed E-state index contributed by atoms with van der Waals surface area (Å²) in [4.78, 5) is 14.6. The normalized spacial score (nSPS) is 16.4. The van der Waals surface area contributed by atoms with Gasteiger partial charge in [0.2, 0.25) is 0 Å². The Balaban J connectivity index is 2.17. The van der Waals surface area contributed by atoms with Crippen LogP contribution in [0.25, 0.3) is 0 Å². The zero-order valence-electron chi connectivity index (χ0n) is 11.0. The molecule has 0 aliphatic heterocycles. The Hall–Kier alpha value is -0.770. The third kappa shape index (κ3) is 2.97. The molecule has 0 bridgehead atoms. The van der Waals surface area contributed by atoms with Crippen molar-refractivity contribution in [2.75, 3.05) is 6.54 Å². The number of nitrogens with zero attached hydrogens (tertiary/aromatic N) is 1. The van der Waals surface area contributed by atoms with Crippen molar-refractivity contribution in [2.24, 2.45) is 5.92 Å². The standard InChI is InChI=1S/C14H20BrNO2/c1-10(2)9-16(11-5-3-4-6-11)14(17)12-7-8-18-13(12)15/h7-8,10-11H,3-6,9H2,1-2H3. The van der Waals surface area contributed by atoms with E-state index < -0.39 is 0 Å². The molecule has 1 aliphatic rings. The van der Waals surface area contributed by atoms with E-state index >= 15 is 0 Å². The van der Waals surface area contributed by atoms with Crippen LogP contribution in [0.1, 0.15) is 49.9 Å². The van der Waals surface area contributed by atoms with Crippen molar-refractivity contribution in [3.8, 4) is 0 Å². The predicted octanol–water partition coefficient (Wildman–Crippen LogP) is 4.08. The van der Waals surface area contributed by atoms with E-state index in [0.29, 0.717) is 22.2 Å². The molecule has 100 valence electrons. The van der Waals surface area contributed by atoms with Gasteiger partial charge >= 0.3 is 0 Å². The molecule has 0 atom stereocenters. The average molecular weight is 314 g/mol. The SMILES string of the molecule is CC(C)CN(C(=O)c1ccoc1Br)C1CCCC1. The van der Waals surface area contributed by atoms with Crippen LogP contribution in [0.2, 0.25) is 0 Å². The molecule has 0 saturated heterocycles. The van der Waals surface area contributed by atoms with Crippen molar-refractivity contribution < 1.29 is 9.21 Å². The number of halogens is 1. The predicted molar refractivity (Wildman–Crippen MR) is 74.5 cm³/mol. The zero-order chi connectivity index (χ0) is 13.1. The third-order valence-corrected chi connectivity index (χ3v) is 4.05. The van der Waals surface area contributed by atoms with Gasteiger partial charge in [-0.25, -0.2) is 0 Å². The van der Waals surface area contributed by atoms with Crippen molar-refractivity contribution in [3.05, 3.63) is 22.6 Å². The maximum atomic E-state index is 12.6. The van der Waals surface area contributed by atoms with Crippen molar-refractivity contribution in [1.82, 2.24) is 4.90 Å². The lowest BCUT2D eigenvalue weighted by molar-refractivity contribution is 0.0653. The second kappa shape index (κ2) is 5.91. The molecule has 3 nitrogen and oxygen atoms in total. The summed E-state index contributed by atoms with van der Waals surface area (Å²) in [6, 6.07) is 2.15. The molecule has 18 heavy (non-hydrogen) atoms. The molecule has 1 heterocycles. The topological polar surface area (TPSA) is 33.5 Å². The molecule has 1 aromatic rings. The van der Waals surface area contributed by atoms with E-state index in [9.17, 15) is 4.79 Å². The van der Waals surface area contributed by atoms with Gasteiger partial charge in [-0.15, -0.1) is 0 Å². The van der Waals surface area contributed by atoms with Crippen LogP contribution in [0.3, 0.4) is 0 Å². The van der Waals surface area contributed by atoms with E-state index in [0.717, 1.165) is 19.4 Å². The molecule has 0 unspecified atom stereocenters. The highest BCUT2D eigenvalue weighted by Crippen LogP contribution is 2.28. The Morgan fingerprint density at radius 2 is 2.17 bits per heavy atom. The van der Waals surface area contributed by atoms with E-state index in [1.54, 1.807) is 12.3 Å². The molecular weight excluding hydrogens is 294 g/mol. The average Bonchev–Trinajstić information content (AvgIpc) is 2.95. The lowest BCUT2D eigenvalue weighted by Gasteiger charge is -2.30. The van der Waals surface area contributed by atoms with Crippen LogP contribution >= 0.6 is 15.9 Å². The molecule has 0 radical (unpaired) electrons. The van der Waals surface area contributed by atoms with Gasteiger partial charge < -0.3 is 9.32 Å². The van der Waals surface area contributed by atoms with Crippen LogP contribution in [0, 0.1) is 5.92 Å². The lowest BCUT2D eigenvalue weighted by Crippen LogP contribution is -2.41. The van der Waals surface area contributed by atoms with E-state index in [-0.39, 0.29) is 5.91 Å². The van der Waals surface area contributed by atoms with E-state index in [2.05, 4.69) is 29.8 Å². The number of hydrogen-bond acceptors (Lipinski definition) is 2. The van der Waals surface area contributed by atoms with Gasteiger partial charge in [-0.05, 0) is 40.8 Å². The molecule has 1 amide bonds. The van der Waals surface area contributed by atoms with E-state index in [4.69, 9.17) is 4.42 Å². The molecule has 1 aliphatic carbocycles. The first-order valence-electron chi connectivity index (χ1n) is 6.63. The fourth-order valence-corrected chi connectivity index (χ4v) is 3.02. The maximum Gasteiger partial charge on any atom is 0.258 e. The Labute approximate surface area is 117 Å². The van der Waals surface area contributed by atoms with E-state index in [1.165, 1.54) is 12.8 Å². The summed E-state index contributed by atoms with van der Waals surface area (Å²) in [5, 5.41) is 0. The minimum Gasteiger partial charge on any atom is -0.457 e. The number of hydrogen-bond donors (Lipinski definition) is 0. The highest BCUT2D eigenvalue weighted by atomic mass is 79.9. The summed E-state index contributed by atoms with van der Waals surface area (Å²) in [5.74, 6) is 0.580. The minimum atomic E-state index is 0.0937. The summed E-state index contributed by atoms with van der Waals surface area (Å²) < 4.78 is 5.71. The highest BCUT2D eigenvalue weighted by molar-refractivity contribution is 9.10. The van der Waals surface area contributed by atoms with Crippen molar-refractivity contribution >= 4 is 21.8 Å². The first-order chi connectivity index (χ1) is 8.59. The van der Waals surface area contributed by atoms with Gasteiger partial charge in [-0.2, -0.15) is 0 Å². The van der Waals surface area contributed by atoms with Crippen LogP contribution in [-0.4, -0.2) is 23.4 Å². The number of carbonyl (C=O) groups excluding carboxylic acids is 1. The molecule has 0 N–H and O–H groups in total. The number of furan rings is 1. The van der Waals surface area contributed by atoms with Crippen LogP contribution in [0.4, 0.5) is 0 Å². The van der Waals surface area contributed by atoms with Gasteiger partial charge in [-0.1, -0.05) is 26.7 Å². The smallest absolute Gasteiger partial charge is 0.258 e. The van der Waals surface area contributed by atoms with Gasteiger partial charge in [0.15, 0.2) is 4.67 Å². The van der Waals surface area contributed by atoms with Crippen LogP contribution in [0.15, 0.2) is 21.4 Å². The molecule has 0 spiro atoms. The Bertz CT molecular complexity index is 408. The van der Waals surface area contributed by atoms with Crippen LogP contribution in [0.5, 0.6) is 0 Å². The number of rotatable bonds is 4. The van der Waals surface area contributed by atoms with Gasteiger partial charge in [-0.3, -0.25) is 4.79 Å². The van der Waals surface area contributed by atoms with E-state index in [1.807, 2.05) is 4.90 Å². The fraction of sp³-hybridized carbons (Fsp3) is 0.643. The fourth-order valence-electron chi connectivity index (χ4n) is 2.61.